The summed E-state index contributed by atoms with van der Waals surface area (Å²) in [5.74, 6) is -0.722. The number of aliphatic hydroxyl groups is 1. The number of benzene rings is 2. The molecule has 5 atom stereocenters. The van der Waals surface area contributed by atoms with Gasteiger partial charge in [-0.05, 0) is 30.9 Å². The highest BCUT2D eigenvalue weighted by atomic mass is 32.2. The molecule has 2 aromatic rings. The van der Waals surface area contributed by atoms with Crippen LogP contribution in [-0.4, -0.2) is 63.2 Å². The molecule has 1 saturated heterocycles. The fraction of sp³-hybridized carbons (Fsp3) is 0.483. The minimum Gasteiger partial charge on any atom is -0.412 e. The van der Waals surface area contributed by atoms with E-state index in [0.717, 1.165) is 17.5 Å². The largest absolute Gasteiger partial charge is 0.412 e. The zero-order chi connectivity index (χ0) is 27.7. The van der Waals surface area contributed by atoms with Crippen LogP contribution in [0.2, 0.25) is 0 Å². The third-order valence-corrected chi connectivity index (χ3v) is 8.50. The Kier molecular flexibility index (Phi) is 12.4. The first-order valence-corrected chi connectivity index (χ1v) is 14.0. The fourth-order valence-corrected chi connectivity index (χ4v) is 5.95. The third kappa shape index (κ3) is 9.06. The molecule has 0 aromatic heterocycles. The number of nitrogens with one attached hydrogen (secondary N) is 4. The van der Waals surface area contributed by atoms with Crippen LogP contribution in [0.5, 0.6) is 0 Å². The Morgan fingerprint density at radius 3 is 2.15 bits per heavy atom. The summed E-state index contributed by atoms with van der Waals surface area (Å²) in [5.41, 5.74) is 1.79. The summed E-state index contributed by atoms with van der Waals surface area (Å²) < 4.78 is -0.563. The molecule has 1 aliphatic heterocycles. The number of aliphatic hydroxyl groups excluding tert-OH is 1. The van der Waals surface area contributed by atoms with E-state index in [1.165, 1.54) is 11.8 Å². The van der Waals surface area contributed by atoms with Gasteiger partial charge in [0.05, 0.1) is 24.4 Å². The van der Waals surface area contributed by atoms with Crippen LogP contribution in [0.15, 0.2) is 60.7 Å². The van der Waals surface area contributed by atoms with Crippen LogP contribution in [-0.2, 0) is 27.3 Å². The van der Waals surface area contributed by atoms with Crippen molar-refractivity contribution < 1.29 is 25.0 Å². The molecule has 1 fully saturated rings. The van der Waals surface area contributed by atoms with Crippen molar-refractivity contribution in [3.63, 3.8) is 0 Å². The van der Waals surface area contributed by atoms with Crippen LogP contribution in [0.25, 0.3) is 0 Å². The molecule has 3 rings (SSSR count). The van der Waals surface area contributed by atoms with Crippen molar-refractivity contribution in [2.24, 2.45) is 5.92 Å². The van der Waals surface area contributed by atoms with E-state index >= 15 is 0 Å². The molecule has 214 valence electrons. The quantitative estimate of drug-likeness (QED) is 0.267. The van der Waals surface area contributed by atoms with Crippen LogP contribution in [0.4, 0.5) is 0 Å². The smallest absolute Gasteiger partial charge is 0.245 e. The topological polar surface area (TPSA) is 151 Å². The number of amides is 3. The van der Waals surface area contributed by atoms with Gasteiger partial charge in [0.15, 0.2) is 0 Å². The summed E-state index contributed by atoms with van der Waals surface area (Å²) in [6.45, 7) is 8.06. The van der Waals surface area contributed by atoms with Crippen molar-refractivity contribution >= 4 is 29.5 Å². The van der Waals surface area contributed by atoms with Crippen molar-refractivity contribution in [3.05, 3.63) is 71.8 Å². The van der Waals surface area contributed by atoms with E-state index in [1.54, 1.807) is 0 Å². The van der Waals surface area contributed by atoms with E-state index in [4.69, 9.17) is 0 Å². The number of carbonyl (C=O) groups is 3. The molecule has 2 aromatic carbocycles. The van der Waals surface area contributed by atoms with Gasteiger partial charge in [-0.3, -0.25) is 19.7 Å². The Bertz CT molecular complexity index is 1070. The second kappa shape index (κ2) is 15.0. The maximum atomic E-state index is 13.4. The van der Waals surface area contributed by atoms with Crippen LogP contribution in [0, 0.1) is 5.92 Å². The summed E-state index contributed by atoms with van der Waals surface area (Å²) >= 11 is 1.45. The summed E-state index contributed by atoms with van der Waals surface area (Å²) in [5, 5.41) is 21.4. The molecular formula is C29H42N4O5S. The average Bonchev–Trinajstić information content (AvgIpc) is 3.24. The normalized spacial score (nSPS) is 20.1. The van der Waals surface area contributed by atoms with Crippen LogP contribution >= 0.6 is 11.8 Å². The Balaban J connectivity index is 0.00000533. The van der Waals surface area contributed by atoms with Crippen molar-refractivity contribution in [1.29, 1.82) is 0 Å². The predicted molar refractivity (Wildman–Crippen MR) is 155 cm³/mol. The maximum Gasteiger partial charge on any atom is 0.245 e. The lowest BCUT2D eigenvalue weighted by atomic mass is 9.97. The lowest BCUT2D eigenvalue weighted by Crippen LogP contribution is -2.59. The highest BCUT2D eigenvalue weighted by Gasteiger charge is 2.49. The van der Waals surface area contributed by atoms with E-state index in [9.17, 15) is 19.5 Å². The lowest BCUT2D eigenvalue weighted by Gasteiger charge is -2.28. The summed E-state index contributed by atoms with van der Waals surface area (Å²) in [6.07, 6.45) is 0.961. The van der Waals surface area contributed by atoms with Gasteiger partial charge in [0.2, 0.25) is 17.7 Å². The van der Waals surface area contributed by atoms with Crippen molar-refractivity contribution in [2.45, 2.75) is 75.3 Å². The van der Waals surface area contributed by atoms with E-state index in [-0.39, 0.29) is 48.2 Å². The molecule has 39 heavy (non-hydrogen) atoms. The van der Waals surface area contributed by atoms with Crippen LogP contribution < -0.4 is 21.3 Å². The summed E-state index contributed by atoms with van der Waals surface area (Å²) in [7, 11) is 0. The van der Waals surface area contributed by atoms with Crippen molar-refractivity contribution in [3.8, 4) is 0 Å². The van der Waals surface area contributed by atoms with Gasteiger partial charge in [-0.15, -0.1) is 11.8 Å². The van der Waals surface area contributed by atoms with Gasteiger partial charge in [0.25, 0.3) is 0 Å². The molecule has 1 aliphatic rings. The fourth-order valence-electron chi connectivity index (χ4n) is 4.45. The summed E-state index contributed by atoms with van der Waals surface area (Å²) in [4.78, 5) is 39.7. The van der Waals surface area contributed by atoms with Crippen LogP contribution in [0.1, 0.15) is 45.2 Å². The predicted octanol–water partition coefficient (Wildman–Crippen LogP) is 1.54. The van der Waals surface area contributed by atoms with Gasteiger partial charge in [0, 0.05) is 11.3 Å². The highest BCUT2D eigenvalue weighted by Crippen LogP contribution is 2.39. The number of hydrogen-bond donors (Lipinski definition) is 5. The van der Waals surface area contributed by atoms with E-state index < -0.39 is 22.2 Å². The van der Waals surface area contributed by atoms with Gasteiger partial charge < -0.3 is 26.5 Å². The average molecular weight is 559 g/mol. The number of thioether (sulfide) groups is 1. The molecule has 0 aliphatic carbocycles. The first kappa shape index (κ1) is 32.3. The first-order chi connectivity index (χ1) is 18.1. The molecule has 3 amide bonds. The highest BCUT2D eigenvalue weighted by molar-refractivity contribution is 8.01. The van der Waals surface area contributed by atoms with Crippen molar-refractivity contribution in [1.82, 2.24) is 21.3 Å². The number of rotatable bonds is 12. The van der Waals surface area contributed by atoms with Gasteiger partial charge in [-0.2, -0.15) is 0 Å². The SMILES string of the molecule is CCC(C)C(CO)NC(=O)[C@@H]1N[C@@H]([C@H](NC(=O)Cc2ccccc2)C(=O)NCc2ccccc2)SC1(C)C.O. The van der Waals surface area contributed by atoms with E-state index in [0.29, 0.717) is 6.54 Å². The molecule has 0 spiro atoms. The van der Waals surface area contributed by atoms with Gasteiger partial charge in [0.1, 0.15) is 12.1 Å². The third-order valence-electron chi connectivity index (χ3n) is 6.99. The maximum absolute atomic E-state index is 13.4. The number of carbonyl (C=O) groups excluding carboxylic acids is 3. The Morgan fingerprint density at radius 2 is 1.59 bits per heavy atom. The Morgan fingerprint density at radius 1 is 1.00 bits per heavy atom. The number of hydrogen-bond acceptors (Lipinski definition) is 6. The molecule has 1 heterocycles. The molecule has 0 bridgehead atoms. The second-order valence-electron chi connectivity index (χ2n) is 10.3. The van der Waals surface area contributed by atoms with E-state index in [2.05, 4.69) is 21.3 Å². The molecule has 2 unspecified atom stereocenters. The second-order valence-corrected chi connectivity index (χ2v) is 12.1. The molecular weight excluding hydrogens is 516 g/mol. The van der Waals surface area contributed by atoms with Crippen LogP contribution in [0.3, 0.4) is 0 Å². The molecule has 9 nitrogen and oxygen atoms in total. The monoisotopic (exact) mass is 558 g/mol. The standard InChI is InChI=1S/C29H40N4O4S.H2O/c1-5-19(2)22(18-34)31-27(37)25-29(3,4)38-28(33-25)24(26(36)30-17-21-14-10-7-11-15-21)32-23(35)16-20-12-8-6-9-13-20;/h6-15,19,22,24-25,28,33-34H,5,16-18H2,1-4H3,(H,30,36)(H,31,37)(H,32,35);1H2/t19?,22?,24-,25+,28-;/m1./s1. The minimum absolute atomic E-state index is 0. The van der Waals surface area contributed by atoms with E-state index in [1.807, 2.05) is 88.4 Å². The van der Waals surface area contributed by atoms with Crippen molar-refractivity contribution in [2.75, 3.05) is 6.61 Å². The van der Waals surface area contributed by atoms with Gasteiger partial charge >= 0.3 is 0 Å². The van der Waals surface area contributed by atoms with Gasteiger partial charge in [-0.25, -0.2) is 0 Å². The Hall–Kier alpha value is -2.92. The first-order valence-electron chi connectivity index (χ1n) is 13.1. The zero-order valence-electron chi connectivity index (χ0n) is 23.1. The minimum atomic E-state index is -0.903. The molecule has 7 N–H and O–H groups in total. The van der Waals surface area contributed by atoms with Gasteiger partial charge in [-0.1, -0.05) is 80.9 Å². The summed E-state index contributed by atoms with van der Waals surface area (Å²) in [6, 6.07) is 17.0. The zero-order valence-corrected chi connectivity index (χ0v) is 23.9. The molecule has 0 saturated carbocycles. The Labute approximate surface area is 235 Å². The molecule has 0 radical (unpaired) electrons. The molecule has 10 heteroatoms. The lowest BCUT2D eigenvalue weighted by molar-refractivity contribution is -0.129.